The number of nitrogens with zero attached hydrogens (tertiary/aromatic N) is 1. The van der Waals surface area contributed by atoms with E-state index >= 15 is 0 Å². The van der Waals surface area contributed by atoms with Gasteiger partial charge in [-0.05, 0) is 24.1 Å². The number of amides is 2. The van der Waals surface area contributed by atoms with Gasteiger partial charge in [0.1, 0.15) is 0 Å². The summed E-state index contributed by atoms with van der Waals surface area (Å²) in [6, 6.07) is 16.1. The second-order valence-corrected chi connectivity index (χ2v) is 6.66. The molecule has 28 heavy (non-hydrogen) atoms. The number of para-hydroxylation sites is 1. The first-order chi connectivity index (χ1) is 13.4. The Morgan fingerprint density at radius 3 is 2.36 bits per heavy atom. The van der Waals surface area contributed by atoms with Gasteiger partial charge in [-0.1, -0.05) is 61.0 Å². The minimum Gasteiger partial charge on any atom is -0.455 e. The summed E-state index contributed by atoms with van der Waals surface area (Å²) in [6.07, 6.45) is 0.563. The zero-order valence-corrected chi connectivity index (χ0v) is 16.6. The van der Waals surface area contributed by atoms with Crippen molar-refractivity contribution in [3.63, 3.8) is 0 Å². The molecule has 1 N–H and O–H groups in total. The molecule has 0 saturated carbocycles. The van der Waals surface area contributed by atoms with Crippen molar-refractivity contribution in [2.75, 3.05) is 25.5 Å². The number of carbonyl (C=O) groups excluding carboxylic acids is 3. The summed E-state index contributed by atoms with van der Waals surface area (Å²) in [6.45, 7) is 1.28. The number of rotatable bonds is 8. The molecule has 0 aromatic heterocycles. The summed E-state index contributed by atoms with van der Waals surface area (Å²) in [7, 11) is 1.47. The van der Waals surface area contributed by atoms with Crippen molar-refractivity contribution in [3.8, 4) is 0 Å². The van der Waals surface area contributed by atoms with E-state index in [0.717, 1.165) is 5.56 Å². The van der Waals surface area contributed by atoms with E-state index < -0.39 is 30.3 Å². The van der Waals surface area contributed by atoms with Crippen molar-refractivity contribution in [1.29, 1.82) is 0 Å². The van der Waals surface area contributed by atoms with Gasteiger partial charge in [0.25, 0.3) is 5.91 Å². The summed E-state index contributed by atoms with van der Waals surface area (Å²) >= 11 is 5.99. The highest BCUT2D eigenvalue weighted by Crippen LogP contribution is 2.21. The summed E-state index contributed by atoms with van der Waals surface area (Å²) in [5, 5.41) is 3.04. The van der Waals surface area contributed by atoms with E-state index in [4.69, 9.17) is 16.3 Å². The number of likely N-dealkylation sites (N-methyl/N-ethyl adjacent to an activating group) is 1. The molecule has 0 unspecified atom stereocenters. The number of halogens is 1. The monoisotopic (exact) mass is 402 g/mol. The molecule has 7 heteroatoms. The van der Waals surface area contributed by atoms with Crippen molar-refractivity contribution in [2.45, 2.75) is 19.3 Å². The normalized spacial score (nSPS) is 11.4. The van der Waals surface area contributed by atoms with E-state index in [-0.39, 0.29) is 6.54 Å². The molecule has 148 valence electrons. The molecule has 2 aromatic rings. The van der Waals surface area contributed by atoms with Gasteiger partial charge in [0.05, 0.1) is 23.2 Å². The van der Waals surface area contributed by atoms with E-state index in [1.54, 1.807) is 24.3 Å². The number of nitrogens with one attached hydrogen (secondary N) is 1. The Hall–Kier alpha value is -2.86. The van der Waals surface area contributed by atoms with Crippen LogP contribution in [0.2, 0.25) is 5.02 Å². The smallest absolute Gasteiger partial charge is 0.313 e. The van der Waals surface area contributed by atoms with Crippen LogP contribution in [0, 0.1) is 0 Å². The predicted molar refractivity (Wildman–Crippen MR) is 108 cm³/mol. The lowest BCUT2D eigenvalue weighted by molar-refractivity contribution is -0.153. The van der Waals surface area contributed by atoms with Crippen LogP contribution in [-0.4, -0.2) is 42.9 Å². The van der Waals surface area contributed by atoms with Crippen molar-refractivity contribution >= 4 is 35.1 Å². The SMILES string of the molecule is CC[C@@H](C(=O)OCC(=O)N(C)CC(=O)Nc1ccccc1Cl)c1ccccc1. The molecular weight excluding hydrogens is 380 g/mol. The molecule has 0 aliphatic heterocycles. The predicted octanol–water partition coefficient (Wildman–Crippen LogP) is 3.47. The molecule has 0 aliphatic carbocycles. The number of carbonyl (C=O) groups is 3. The molecule has 0 spiro atoms. The number of anilines is 1. The molecule has 0 aliphatic rings. The first-order valence-electron chi connectivity index (χ1n) is 8.92. The average Bonchev–Trinajstić information content (AvgIpc) is 2.69. The second kappa shape index (κ2) is 10.5. The quantitative estimate of drug-likeness (QED) is 0.686. The third-order valence-electron chi connectivity index (χ3n) is 4.19. The Labute approximate surface area is 169 Å². The first-order valence-corrected chi connectivity index (χ1v) is 9.30. The van der Waals surface area contributed by atoms with Crippen LogP contribution >= 0.6 is 11.6 Å². The molecular formula is C21H23ClN2O4. The standard InChI is InChI=1S/C21H23ClN2O4/c1-3-16(15-9-5-4-6-10-15)21(27)28-14-20(26)24(2)13-19(25)23-18-12-8-7-11-17(18)22/h4-12,16H,3,13-14H2,1-2H3,(H,23,25)/t16-/m1/s1. The van der Waals surface area contributed by atoms with Gasteiger partial charge < -0.3 is 15.0 Å². The minimum absolute atomic E-state index is 0.183. The van der Waals surface area contributed by atoms with E-state index in [1.807, 2.05) is 37.3 Å². The van der Waals surface area contributed by atoms with Gasteiger partial charge in [-0.2, -0.15) is 0 Å². The third-order valence-corrected chi connectivity index (χ3v) is 4.52. The first kappa shape index (κ1) is 21.4. The lowest BCUT2D eigenvalue weighted by Crippen LogP contribution is -2.37. The number of hydrogen-bond donors (Lipinski definition) is 1. The third kappa shape index (κ3) is 6.09. The average molecular weight is 403 g/mol. The summed E-state index contributed by atoms with van der Waals surface area (Å²) in [4.78, 5) is 37.8. The topological polar surface area (TPSA) is 75.7 Å². The van der Waals surface area contributed by atoms with Crippen LogP contribution in [0.15, 0.2) is 54.6 Å². The maximum Gasteiger partial charge on any atom is 0.313 e. The lowest BCUT2D eigenvalue weighted by atomic mass is 9.97. The fourth-order valence-electron chi connectivity index (χ4n) is 2.62. The summed E-state index contributed by atoms with van der Waals surface area (Å²) < 4.78 is 5.17. The number of esters is 1. The highest BCUT2D eigenvalue weighted by molar-refractivity contribution is 6.33. The van der Waals surface area contributed by atoms with Gasteiger partial charge in [0.15, 0.2) is 6.61 Å². The zero-order chi connectivity index (χ0) is 20.5. The molecule has 2 aromatic carbocycles. The highest BCUT2D eigenvalue weighted by Gasteiger charge is 2.22. The molecule has 0 radical (unpaired) electrons. The highest BCUT2D eigenvalue weighted by atomic mass is 35.5. The van der Waals surface area contributed by atoms with Gasteiger partial charge in [-0.15, -0.1) is 0 Å². The van der Waals surface area contributed by atoms with Gasteiger partial charge in [-0.3, -0.25) is 14.4 Å². The van der Waals surface area contributed by atoms with Crippen LogP contribution in [0.5, 0.6) is 0 Å². The molecule has 2 rings (SSSR count). The minimum atomic E-state index is -0.467. The lowest BCUT2D eigenvalue weighted by Gasteiger charge is -2.18. The maximum atomic E-state index is 12.3. The van der Waals surface area contributed by atoms with Crippen molar-refractivity contribution in [3.05, 3.63) is 65.2 Å². The van der Waals surface area contributed by atoms with Crippen LogP contribution in [0.3, 0.4) is 0 Å². The second-order valence-electron chi connectivity index (χ2n) is 6.26. The number of ether oxygens (including phenoxy) is 1. The fourth-order valence-corrected chi connectivity index (χ4v) is 2.81. The molecule has 0 bridgehead atoms. The number of benzene rings is 2. The van der Waals surface area contributed by atoms with Gasteiger partial charge in [0, 0.05) is 7.05 Å². The van der Waals surface area contributed by atoms with Crippen molar-refractivity contribution in [1.82, 2.24) is 4.90 Å². The Morgan fingerprint density at radius 2 is 1.71 bits per heavy atom. The van der Waals surface area contributed by atoms with Gasteiger partial charge in [-0.25, -0.2) is 0 Å². The van der Waals surface area contributed by atoms with E-state index in [9.17, 15) is 14.4 Å². The summed E-state index contributed by atoms with van der Waals surface area (Å²) in [5.74, 6) is -1.75. The maximum absolute atomic E-state index is 12.3. The molecule has 0 heterocycles. The molecule has 6 nitrogen and oxygen atoms in total. The molecule has 2 amide bonds. The van der Waals surface area contributed by atoms with E-state index in [2.05, 4.69) is 5.32 Å². The Balaban J connectivity index is 1.84. The Morgan fingerprint density at radius 1 is 1.07 bits per heavy atom. The van der Waals surface area contributed by atoms with Crippen LogP contribution < -0.4 is 5.32 Å². The van der Waals surface area contributed by atoms with Crippen LogP contribution in [0.1, 0.15) is 24.8 Å². The van der Waals surface area contributed by atoms with Crippen LogP contribution in [-0.2, 0) is 19.1 Å². The summed E-state index contributed by atoms with van der Waals surface area (Å²) in [5.41, 5.74) is 1.31. The van der Waals surface area contributed by atoms with Gasteiger partial charge in [0.2, 0.25) is 5.91 Å². The van der Waals surface area contributed by atoms with Crippen LogP contribution in [0.4, 0.5) is 5.69 Å². The molecule has 0 fully saturated rings. The van der Waals surface area contributed by atoms with E-state index in [0.29, 0.717) is 17.1 Å². The molecule has 1 atom stereocenters. The van der Waals surface area contributed by atoms with Crippen molar-refractivity contribution < 1.29 is 19.1 Å². The van der Waals surface area contributed by atoms with Crippen molar-refractivity contribution in [2.24, 2.45) is 0 Å². The number of hydrogen-bond acceptors (Lipinski definition) is 4. The van der Waals surface area contributed by atoms with Crippen LogP contribution in [0.25, 0.3) is 0 Å². The van der Waals surface area contributed by atoms with E-state index in [1.165, 1.54) is 11.9 Å². The fraction of sp³-hybridized carbons (Fsp3) is 0.286. The zero-order valence-electron chi connectivity index (χ0n) is 15.9. The molecule has 0 saturated heterocycles. The largest absolute Gasteiger partial charge is 0.455 e. The Bertz CT molecular complexity index is 826. The van der Waals surface area contributed by atoms with Gasteiger partial charge >= 0.3 is 5.97 Å². The Kier molecular flexibility index (Phi) is 8.02.